The van der Waals surface area contributed by atoms with E-state index in [4.69, 9.17) is 0 Å². The van der Waals surface area contributed by atoms with Gasteiger partial charge in [-0.1, -0.05) is 31.4 Å². The van der Waals surface area contributed by atoms with Crippen LogP contribution in [0.15, 0.2) is 52.0 Å². The number of hydrogen-bond donors (Lipinski definition) is 1. The standard InChI is InChI=1S/C22H22BrF3N2O3S/c1-32(30,31)19-9-7-15(12-18(19)22(24,25)26)17(11-14-5-3-2-4-6-14)21(29)28-20-10-8-16(23)13-27-20/h7-14H,2-6H2,1H3,(H,27,28,29). The number of pyridine rings is 1. The Morgan fingerprint density at radius 1 is 1.16 bits per heavy atom. The summed E-state index contributed by atoms with van der Waals surface area (Å²) in [7, 11) is -4.11. The summed E-state index contributed by atoms with van der Waals surface area (Å²) in [6, 6.07) is 6.13. The molecule has 0 spiro atoms. The van der Waals surface area contributed by atoms with Crippen LogP contribution in [0.2, 0.25) is 0 Å². The molecule has 1 saturated carbocycles. The van der Waals surface area contributed by atoms with Crippen molar-refractivity contribution in [3.8, 4) is 0 Å². The molecule has 0 atom stereocenters. The number of sulfone groups is 1. The number of hydrogen-bond acceptors (Lipinski definition) is 4. The van der Waals surface area contributed by atoms with Gasteiger partial charge >= 0.3 is 6.18 Å². The van der Waals surface area contributed by atoms with Crippen LogP contribution in [0.3, 0.4) is 0 Å². The number of allylic oxidation sites excluding steroid dienone is 1. The molecule has 3 rings (SSSR count). The van der Waals surface area contributed by atoms with Crippen LogP contribution in [0.5, 0.6) is 0 Å². The van der Waals surface area contributed by atoms with Gasteiger partial charge in [0.25, 0.3) is 5.91 Å². The second kappa shape index (κ2) is 9.74. The smallest absolute Gasteiger partial charge is 0.307 e. The highest BCUT2D eigenvalue weighted by atomic mass is 79.9. The van der Waals surface area contributed by atoms with Crippen molar-refractivity contribution in [2.45, 2.75) is 43.2 Å². The Labute approximate surface area is 193 Å². The van der Waals surface area contributed by atoms with Crippen molar-refractivity contribution in [1.82, 2.24) is 4.98 Å². The molecule has 10 heteroatoms. The van der Waals surface area contributed by atoms with E-state index in [1.165, 1.54) is 12.3 Å². The molecule has 1 heterocycles. The molecule has 1 N–H and O–H groups in total. The van der Waals surface area contributed by atoms with E-state index in [2.05, 4.69) is 26.2 Å². The number of nitrogens with one attached hydrogen (secondary N) is 1. The molecule has 32 heavy (non-hydrogen) atoms. The number of nitrogens with zero attached hydrogens (tertiary/aromatic N) is 1. The topological polar surface area (TPSA) is 76.1 Å². The lowest BCUT2D eigenvalue weighted by Crippen LogP contribution is -2.18. The SMILES string of the molecule is CS(=O)(=O)c1ccc(C(=CC2CCCCC2)C(=O)Nc2ccc(Br)cn2)cc1C(F)(F)F. The summed E-state index contributed by atoms with van der Waals surface area (Å²) < 4.78 is 65.5. The van der Waals surface area contributed by atoms with Crippen LogP contribution in [0.1, 0.15) is 43.2 Å². The van der Waals surface area contributed by atoms with Crippen LogP contribution in [-0.2, 0) is 20.8 Å². The summed E-state index contributed by atoms with van der Waals surface area (Å²) >= 11 is 3.25. The lowest BCUT2D eigenvalue weighted by molar-refractivity contribution is -0.139. The summed E-state index contributed by atoms with van der Waals surface area (Å²) in [5.74, 6) is -0.312. The predicted molar refractivity (Wildman–Crippen MR) is 120 cm³/mol. The summed E-state index contributed by atoms with van der Waals surface area (Å²) in [6.45, 7) is 0. The molecule has 1 amide bonds. The lowest BCUT2D eigenvalue weighted by Gasteiger charge is -2.20. The van der Waals surface area contributed by atoms with Gasteiger partial charge in [-0.3, -0.25) is 4.79 Å². The number of carbonyl (C=O) groups excluding carboxylic acids is 1. The quantitative estimate of drug-likeness (QED) is 0.490. The second-order valence-corrected chi connectivity index (χ2v) is 10.7. The Bertz CT molecular complexity index is 1120. The van der Waals surface area contributed by atoms with Gasteiger partial charge in [-0.2, -0.15) is 13.2 Å². The molecular weight excluding hydrogens is 509 g/mol. The Hall–Kier alpha value is -2.20. The fourth-order valence-corrected chi connectivity index (χ4v) is 4.84. The molecule has 1 aromatic carbocycles. The maximum absolute atomic E-state index is 13.7. The molecule has 1 fully saturated rings. The summed E-state index contributed by atoms with van der Waals surface area (Å²) in [6.07, 6.45) is 3.72. The van der Waals surface area contributed by atoms with Crippen LogP contribution in [0, 0.1) is 5.92 Å². The molecule has 1 aliphatic carbocycles. The third-order valence-electron chi connectivity index (χ3n) is 5.26. The monoisotopic (exact) mass is 530 g/mol. The number of rotatable bonds is 5. The molecule has 5 nitrogen and oxygen atoms in total. The first-order chi connectivity index (χ1) is 14.9. The Kier molecular flexibility index (Phi) is 7.44. The second-order valence-electron chi connectivity index (χ2n) is 7.78. The van der Waals surface area contributed by atoms with E-state index in [-0.39, 0.29) is 22.9 Å². The molecule has 0 radical (unpaired) electrons. The van der Waals surface area contributed by atoms with Crippen molar-refractivity contribution in [3.63, 3.8) is 0 Å². The minimum Gasteiger partial charge on any atom is -0.307 e. The van der Waals surface area contributed by atoms with E-state index >= 15 is 0 Å². The molecular formula is C22H22BrF3N2O3S. The van der Waals surface area contributed by atoms with Crippen LogP contribution < -0.4 is 5.32 Å². The van der Waals surface area contributed by atoms with Crippen LogP contribution >= 0.6 is 15.9 Å². The number of anilines is 1. The van der Waals surface area contributed by atoms with E-state index in [9.17, 15) is 26.4 Å². The number of carbonyl (C=O) groups is 1. The average Bonchev–Trinajstić information content (AvgIpc) is 2.72. The highest BCUT2D eigenvalue weighted by molar-refractivity contribution is 9.10. The van der Waals surface area contributed by atoms with Gasteiger partial charge in [0, 0.05) is 22.5 Å². The van der Waals surface area contributed by atoms with E-state index in [0.29, 0.717) is 4.47 Å². The molecule has 0 saturated heterocycles. The highest BCUT2D eigenvalue weighted by Gasteiger charge is 2.37. The van der Waals surface area contributed by atoms with E-state index in [0.717, 1.165) is 50.5 Å². The van der Waals surface area contributed by atoms with Gasteiger partial charge in [-0.25, -0.2) is 13.4 Å². The fourth-order valence-electron chi connectivity index (χ4n) is 3.72. The minimum absolute atomic E-state index is 0.00455. The van der Waals surface area contributed by atoms with Gasteiger partial charge in [-0.15, -0.1) is 0 Å². The number of aromatic nitrogens is 1. The van der Waals surface area contributed by atoms with Crippen molar-refractivity contribution in [3.05, 3.63) is 58.2 Å². The maximum atomic E-state index is 13.7. The van der Waals surface area contributed by atoms with Crippen LogP contribution in [-0.4, -0.2) is 25.6 Å². The van der Waals surface area contributed by atoms with E-state index in [1.807, 2.05) is 0 Å². The summed E-state index contributed by atoms with van der Waals surface area (Å²) in [5.41, 5.74) is -1.22. The Morgan fingerprint density at radius 3 is 2.41 bits per heavy atom. The van der Waals surface area contributed by atoms with Gasteiger partial charge in [-0.05, 0) is 64.5 Å². The van der Waals surface area contributed by atoms with Gasteiger partial charge in [0.2, 0.25) is 0 Å². The van der Waals surface area contributed by atoms with Crippen LogP contribution in [0.4, 0.5) is 19.0 Å². The third kappa shape index (κ3) is 6.19. The van der Waals surface area contributed by atoms with Gasteiger partial charge in [0.05, 0.1) is 10.5 Å². The molecule has 0 unspecified atom stereocenters. The van der Waals surface area contributed by atoms with E-state index in [1.54, 1.807) is 18.2 Å². The zero-order valence-electron chi connectivity index (χ0n) is 17.2. The molecule has 1 aromatic heterocycles. The van der Waals surface area contributed by atoms with E-state index < -0.39 is 32.4 Å². The van der Waals surface area contributed by atoms with Crippen molar-refractivity contribution in [1.29, 1.82) is 0 Å². The summed E-state index contributed by atoms with van der Waals surface area (Å²) in [4.78, 5) is 16.3. The first-order valence-corrected chi connectivity index (χ1v) is 12.7. The van der Waals surface area contributed by atoms with Gasteiger partial charge in [0.1, 0.15) is 5.82 Å². The number of amides is 1. The number of benzene rings is 1. The van der Waals surface area contributed by atoms with Crippen LogP contribution in [0.25, 0.3) is 5.57 Å². The molecule has 172 valence electrons. The largest absolute Gasteiger partial charge is 0.417 e. The van der Waals surface area contributed by atoms with Crippen molar-refractivity contribution in [2.24, 2.45) is 5.92 Å². The lowest BCUT2D eigenvalue weighted by atomic mass is 9.86. The Balaban J connectivity index is 2.07. The number of halogens is 4. The molecule has 2 aromatic rings. The summed E-state index contributed by atoms with van der Waals surface area (Å²) in [5, 5.41) is 2.62. The van der Waals surface area contributed by atoms with Gasteiger partial charge < -0.3 is 5.32 Å². The zero-order chi connectivity index (χ0) is 23.5. The molecule has 0 bridgehead atoms. The first kappa shape index (κ1) is 24.4. The van der Waals surface area contributed by atoms with Crippen molar-refractivity contribution in [2.75, 3.05) is 11.6 Å². The minimum atomic E-state index is -4.89. The van der Waals surface area contributed by atoms with Crippen molar-refractivity contribution >= 4 is 43.1 Å². The molecule has 0 aliphatic heterocycles. The Morgan fingerprint density at radius 2 is 1.84 bits per heavy atom. The highest BCUT2D eigenvalue weighted by Crippen LogP contribution is 2.37. The fraction of sp³-hybridized carbons (Fsp3) is 0.364. The third-order valence-corrected chi connectivity index (χ3v) is 6.89. The van der Waals surface area contributed by atoms with Crippen molar-refractivity contribution < 1.29 is 26.4 Å². The number of alkyl halides is 3. The predicted octanol–water partition coefficient (Wildman–Crippen LogP) is 5.87. The average molecular weight is 531 g/mol. The normalized spacial score (nSPS) is 16.1. The molecule has 1 aliphatic rings. The van der Waals surface area contributed by atoms with Gasteiger partial charge in [0.15, 0.2) is 9.84 Å². The first-order valence-electron chi connectivity index (χ1n) is 10.0. The maximum Gasteiger partial charge on any atom is 0.417 e. The zero-order valence-corrected chi connectivity index (χ0v) is 19.6.